The number of rotatable bonds is 8. The molecular weight excluding hydrogens is 396 g/mol. The molecule has 7 heteroatoms. The largest absolute Gasteiger partial charge is 0.357 e. The molecule has 2 aromatic rings. The van der Waals surface area contributed by atoms with Crippen LogP contribution < -0.4 is 10.6 Å². The average Bonchev–Trinajstić information content (AvgIpc) is 2.76. The molecule has 0 amide bonds. The summed E-state index contributed by atoms with van der Waals surface area (Å²) in [4.78, 5) is 7.04. The fourth-order valence-corrected chi connectivity index (χ4v) is 4.88. The van der Waals surface area contributed by atoms with E-state index in [1.54, 1.807) is 0 Å². The molecule has 0 aromatic heterocycles. The fourth-order valence-electron chi connectivity index (χ4n) is 3.60. The summed E-state index contributed by atoms with van der Waals surface area (Å²) < 4.78 is 23.1. The van der Waals surface area contributed by atoms with E-state index in [1.807, 2.05) is 12.1 Å². The molecule has 1 fully saturated rings. The highest BCUT2D eigenvalue weighted by Gasteiger charge is 2.21. The van der Waals surface area contributed by atoms with Gasteiger partial charge in [0.2, 0.25) is 0 Å². The molecule has 1 heterocycles. The Morgan fingerprint density at radius 3 is 2.07 bits per heavy atom. The minimum absolute atomic E-state index is 0.190. The first-order valence-electron chi connectivity index (χ1n) is 10.6. The van der Waals surface area contributed by atoms with Crippen LogP contribution in [0.5, 0.6) is 0 Å². The molecule has 0 spiro atoms. The lowest BCUT2D eigenvalue weighted by atomic mass is 9.91. The van der Waals surface area contributed by atoms with Gasteiger partial charge in [-0.1, -0.05) is 60.7 Å². The normalized spacial score (nSPS) is 17.1. The maximum absolute atomic E-state index is 11.6. The number of hydrogen-bond acceptors (Lipinski definition) is 4. The lowest BCUT2D eigenvalue weighted by Gasteiger charge is -2.26. The van der Waals surface area contributed by atoms with E-state index >= 15 is 0 Å². The standard InChI is InChI=1S/C23H32N4O2S/c1-2-24-23(25-13-14-27-15-17-30(28,29)18-16-27)26-19-22(20-9-5-3-6-10-20)21-11-7-4-8-12-21/h3-12,22H,2,13-19H2,1H3,(H2,24,25,26). The monoisotopic (exact) mass is 428 g/mol. The Labute approximate surface area is 180 Å². The first kappa shape index (κ1) is 22.3. The minimum atomic E-state index is -2.83. The van der Waals surface area contributed by atoms with Crippen molar-refractivity contribution in [2.24, 2.45) is 4.99 Å². The Kier molecular flexibility index (Phi) is 8.28. The van der Waals surface area contributed by atoms with Gasteiger partial charge in [0, 0.05) is 38.6 Å². The maximum atomic E-state index is 11.6. The second-order valence-corrected chi connectivity index (χ2v) is 9.82. The predicted octanol–water partition coefficient (Wildman–Crippen LogP) is 2.10. The van der Waals surface area contributed by atoms with E-state index in [2.05, 4.69) is 71.0 Å². The van der Waals surface area contributed by atoms with Crippen molar-refractivity contribution in [3.05, 3.63) is 71.8 Å². The molecule has 1 aliphatic rings. The van der Waals surface area contributed by atoms with Gasteiger partial charge in [0.15, 0.2) is 15.8 Å². The molecule has 0 atom stereocenters. The number of sulfone groups is 1. The van der Waals surface area contributed by atoms with E-state index in [9.17, 15) is 8.42 Å². The summed E-state index contributed by atoms with van der Waals surface area (Å²) in [6.07, 6.45) is 0. The second-order valence-electron chi connectivity index (χ2n) is 7.51. The molecule has 3 rings (SSSR count). The third-order valence-electron chi connectivity index (χ3n) is 5.34. The van der Waals surface area contributed by atoms with Crippen LogP contribution in [0.15, 0.2) is 65.7 Å². The van der Waals surface area contributed by atoms with Crippen LogP contribution in [0.25, 0.3) is 0 Å². The van der Waals surface area contributed by atoms with Crippen molar-refractivity contribution in [2.75, 3.05) is 50.8 Å². The van der Waals surface area contributed by atoms with Crippen LogP contribution in [0.2, 0.25) is 0 Å². The van der Waals surface area contributed by atoms with E-state index < -0.39 is 9.84 Å². The van der Waals surface area contributed by atoms with Crippen molar-refractivity contribution >= 4 is 15.8 Å². The van der Waals surface area contributed by atoms with Gasteiger partial charge in [-0.2, -0.15) is 0 Å². The SMILES string of the molecule is CCNC(=NCC(c1ccccc1)c1ccccc1)NCCN1CCS(=O)(=O)CC1. The molecule has 0 bridgehead atoms. The number of nitrogens with zero attached hydrogens (tertiary/aromatic N) is 2. The first-order valence-corrected chi connectivity index (χ1v) is 12.4. The quantitative estimate of drug-likeness (QED) is 0.498. The van der Waals surface area contributed by atoms with Gasteiger partial charge in [-0.05, 0) is 18.1 Å². The lowest BCUT2D eigenvalue weighted by Crippen LogP contribution is -2.46. The van der Waals surface area contributed by atoms with Gasteiger partial charge in [-0.3, -0.25) is 9.89 Å². The molecule has 0 aliphatic carbocycles. The van der Waals surface area contributed by atoms with Crippen molar-refractivity contribution in [1.29, 1.82) is 0 Å². The highest BCUT2D eigenvalue weighted by Crippen LogP contribution is 2.24. The molecule has 0 radical (unpaired) electrons. The zero-order chi connectivity index (χ0) is 21.2. The first-order chi connectivity index (χ1) is 14.6. The highest BCUT2D eigenvalue weighted by molar-refractivity contribution is 7.91. The molecule has 0 saturated carbocycles. The number of guanidine groups is 1. The predicted molar refractivity (Wildman–Crippen MR) is 124 cm³/mol. The minimum Gasteiger partial charge on any atom is -0.357 e. The van der Waals surface area contributed by atoms with Gasteiger partial charge >= 0.3 is 0 Å². The summed E-state index contributed by atoms with van der Waals surface area (Å²) in [7, 11) is -2.83. The van der Waals surface area contributed by atoms with Gasteiger partial charge in [0.05, 0.1) is 18.1 Å². The Morgan fingerprint density at radius 2 is 1.53 bits per heavy atom. The Bertz CT molecular complexity index is 848. The van der Waals surface area contributed by atoms with E-state index in [0.29, 0.717) is 19.6 Å². The number of nitrogens with one attached hydrogen (secondary N) is 2. The van der Waals surface area contributed by atoms with Gasteiger partial charge in [0.1, 0.15) is 0 Å². The van der Waals surface area contributed by atoms with Crippen LogP contribution in [0.3, 0.4) is 0 Å². The Hall–Kier alpha value is -2.38. The van der Waals surface area contributed by atoms with E-state index in [0.717, 1.165) is 25.6 Å². The summed E-state index contributed by atoms with van der Waals surface area (Å²) >= 11 is 0. The topological polar surface area (TPSA) is 73.8 Å². The van der Waals surface area contributed by atoms with Crippen LogP contribution in [0.1, 0.15) is 24.0 Å². The third kappa shape index (κ3) is 6.85. The van der Waals surface area contributed by atoms with Crippen LogP contribution >= 0.6 is 0 Å². The Morgan fingerprint density at radius 1 is 0.967 bits per heavy atom. The molecular formula is C23H32N4O2S. The van der Waals surface area contributed by atoms with Crippen molar-refractivity contribution in [3.63, 3.8) is 0 Å². The second kappa shape index (κ2) is 11.1. The summed E-state index contributed by atoms with van der Waals surface area (Å²) in [5.74, 6) is 1.50. The fraction of sp³-hybridized carbons (Fsp3) is 0.435. The molecule has 30 heavy (non-hydrogen) atoms. The van der Waals surface area contributed by atoms with E-state index in [1.165, 1.54) is 11.1 Å². The van der Waals surface area contributed by atoms with Crippen LogP contribution in [-0.4, -0.2) is 70.1 Å². The molecule has 1 saturated heterocycles. The molecule has 162 valence electrons. The van der Waals surface area contributed by atoms with E-state index in [-0.39, 0.29) is 17.4 Å². The van der Waals surface area contributed by atoms with E-state index in [4.69, 9.17) is 4.99 Å². The Balaban J connectivity index is 1.61. The van der Waals surface area contributed by atoms with Crippen molar-refractivity contribution in [1.82, 2.24) is 15.5 Å². The average molecular weight is 429 g/mol. The molecule has 6 nitrogen and oxygen atoms in total. The smallest absolute Gasteiger partial charge is 0.191 e. The van der Waals surface area contributed by atoms with Crippen molar-refractivity contribution < 1.29 is 8.42 Å². The molecule has 2 aromatic carbocycles. The summed E-state index contributed by atoms with van der Waals surface area (Å²) in [5, 5.41) is 6.71. The molecule has 1 aliphatic heterocycles. The van der Waals surface area contributed by atoms with Crippen LogP contribution in [0, 0.1) is 0 Å². The summed E-state index contributed by atoms with van der Waals surface area (Å²) in [5.41, 5.74) is 2.50. The zero-order valence-electron chi connectivity index (χ0n) is 17.6. The van der Waals surface area contributed by atoms with Gasteiger partial charge in [-0.25, -0.2) is 8.42 Å². The van der Waals surface area contributed by atoms with Crippen molar-refractivity contribution in [3.8, 4) is 0 Å². The van der Waals surface area contributed by atoms with Crippen LogP contribution in [-0.2, 0) is 9.84 Å². The van der Waals surface area contributed by atoms with Gasteiger partial charge in [-0.15, -0.1) is 0 Å². The number of aliphatic imine (C=N–C) groups is 1. The van der Waals surface area contributed by atoms with Gasteiger partial charge < -0.3 is 10.6 Å². The summed E-state index contributed by atoms with van der Waals surface area (Å²) in [6, 6.07) is 20.9. The molecule has 0 unspecified atom stereocenters. The third-order valence-corrected chi connectivity index (χ3v) is 6.95. The van der Waals surface area contributed by atoms with Crippen molar-refractivity contribution in [2.45, 2.75) is 12.8 Å². The zero-order valence-corrected chi connectivity index (χ0v) is 18.4. The number of hydrogen-bond donors (Lipinski definition) is 2. The summed E-state index contributed by atoms with van der Waals surface area (Å²) in [6.45, 7) is 6.25. The number of benzene rings is 2. The highest BCUT2D eigenvalue weighted by atomic mass is 32.2. The molecule has 2 N–H and O–H groups in total. The maximum Gasteiger partial charge on any atom is 0.191 e. The lowest BCUT2D eigenvalue weighted by molar-refractivity contribution is 0.299. The van der Waals surface area contributed by atoms with Gasteiger partial charge in [0.25, 0.3) is 0 Å². The van der Waals surface area contributed by atoms with Crippen LogP contribution in [0.4, 0.5) is 0 Å².